The molecule has 0 bridgehead atoms. The minimum atomic E-state index is -0.944. The van der Waals surface area contributed by atoms with Gasteiger partial charge in [-0.1, -0.05) is 30.3 Å². The minimum absolute atomic E-state index is 0.201. The van der Waals surface area contributed by atoms with Gasteiger partial charge < -0.3 is 31.3 Å². The molecular weight excluding hydrogens is 478 g/mol. The van der Waals surface area contributed by atoms with Gasteiger partial charge in [-0.05, 0) is 50.1 Å². The maximum Gasteiger partial charge on any atom is 0.308 e. The molecule has 2 aromatic carbocycles. The Morgan fingerprint density at radius 2 is 1.51 bits per heavy atom. The van der Waals surface area contributed by atoms with E-state index in [0.29, 0.717) is 11.4 Å². The molecule has 198 valence electrons. The van der Waals surface area contributed by atoms with Crippen molar-refractivity contribution in [3.63, 3.8) is 0 Å². The first kappa shape index (κ1) is 29.0. The van der Waals surface area contributed by atoms with Crippen molar-refractivity contribution in [1.29, 1.82) is 0 Å². The molecule has 0 heterocycles. The second kappa shape index (κ2) is 13.7. The van der Waals surface area contributed by atoms with E-state index in [-0.39, 0.29) is 18.9 Å². The molecule has 0 saturated heterocycles. The van der Waals surface area contributed by atoms with Crippen molar-refractivity contribution in [2.75, 3.05) is 18.5 Å². The highest BCUT2D eigenvalue weighted by molar-refractivity contribution is 5.99. The summed E-state index contributed by atoms with van der Waals surface area (Å²) in [5.41, 5.74) is 7.39. The van der Waals surface area contributed by atoms with Gasteiger partial charge in [-0.2, -0.15) is 0 Å². The van der Waals surface area contributed by atoms with Gasteiger partial charge in [0.2, 0.25) is 23.6 Å². The Hall–Kier alpha value is -4.25. The number of hydrogen-bond acceptors (Lipinski definition) is 7. The summed E-state index contributed by atoms with van der Waals surface area (Å²) < 4.78 is 4.96. The molecular formula is C26H33N5O6. The van der Waals surface area contributed by atoms with Crippen LogP contribution in [0.5, 0.6) is 5.75 Å². The lowest BCUT2D eigenvalue weighted by molar-refractivity contribution is -0.132. The van der Waals surface area contributed by atoms with Crippen LogP contribution in [-0.2, 0) is 30.4 Å². The standard InChI is InChI=1S/C26H33N5O6/c1-16(30-25(35)22(27)14-19-10-12-21(13-11-19)37-18(3)32)24(34)28-15-23(33)29-17(2)26(36)31(4)20-8-6-5-7-9-20/h5-13,16-17,22H,14-15,27H2,1-4H3,(H,28,34)(H,29,33)(H,30,35)/t16-,17+,22+/m1/s1. The molecule has 0 aliphatic rings. The molecule has 2 aromatic rings. The van der Waals surface area contributed by atoms with Crippen molar-refractivity contribution in [3.05, 3.63) is 60.2 Å². The first-order chi connectivity index (χ1) is 17.5. The summed E-state index contributed by atoms with van der Waals surface area (Å²) in [5.74, 6) is -2.05. The smallest absolute Gasteiger partial charge is 0.308 e. The molecule has 0 aromatic heterocycles. The number of carbonyl (C=O) groups is 5. The Morgan fingerprint density at radius 1 is 0.892 bits per heavy atom. The number of amides is 4. The minimum Gasteiger partial charge on any atom is -0.427 e. The van der Waals surface area contributed by atoms with Gasteiger partial charge in [-0.15, -0.1) is 0 Å². The van der Waals surface area contributed by atoms with Gasteiger partial charge >= 0.3 is 5.97 Å². The Labute approximate surface area is 215 Å². The molecule has 0 aliphatic carbocycles. The maximum atomic E-state index is 12.5. The summed E-state index contributed by atoms with van der Waals surface area (Å²) >= 11 is 0. The topological polar surface area (TPSA) is 160 Å². The van der Waals surface area contributed by atoms with Crippen LogP contribution in [0.3, 0.4) is 0 Å². The van der Waals surface area contributed by atoms with E-state index in [1.807, 2.05) is 6.07 Å². The number of esters is 1. The molecule has 11 heteroatoms. The molecule has 5 N–H and O–H groups in total. The summed E-state index contributed by atoms with van der Waals surface area (Å²) in [7, 11) is 1.61. The number of nitrogens with zero attached hydrogens (tertiary/aromatic N) is 1. The van der Waals surface area contributed by atoms with Gasteiger partial charge in [0.25, 0.3) is 0 Å². The summed E-state index contributed by atoms with van der Waals surface area (Å²) in [6, 6.07) is 12.9. The highest BCUT2D eigenvalue weighted by Gasteiger charge is 2.23. The summed E-state index contributed by atoms with van der Waals surface area (Å²) in [4.78, 5) is 61.9. The van der Waals surface area contributed by atoms with Gasteiger partial charge in [0.05, 0.1) is 12.6 Å². The Kier molecular flexibility index (Phi) is 10.8. The number of anilines is 1. The SMILES string of the molecule is CC(=O)Oc1ccc(C[C@H](N)C(=O)N[C@H](C)C(=O)NCC(=O)N[C@@H](C)C(=O)N(C)c2ccccc2)cc1. The largest absolute Gasteiger partial charge is 0.427 e. The number of carbonyl (C=O) groups excluding carboxylic acids is 5. The van der Waals surface area contributed by atoms with E-state index in [2.05, 4.69) is 16.0 Å². The number of rotatable bonds is 11. The monoisotopic (exact) mass is 511 g/mol. The molecule has 0 radical (unpaired) electrons. The summed E-state index contributed by atoms with van der Waals surface area (Å²) in [6.07, 6.45) is 0.201. The molecule has 11 nitrogen and oxygen atoms in total. The normalized spacial score (nSPS) is 12.9. The molecule has 37 heavy (non-hydrogen) atoms. The maximum absolute atomic E-state index is 12.5. The fraction of sp³-hybridized carbons (Fsp3) is 0.346. The third kappa shape index (κ3) is 9.37. The quantitative estimate of drug-likeness (QED) is 0.249. The van der Waals surface area contributed by atoms with E-state index < -0.39 is 41.8 Å². The predicted octanol–water partition coefficient (Wildman–Crippen LogP) is 0.270. The fourth-order valence-electron chi connectivity index (χ4n) is 3.34. The zero-order chi connectivity index (χ0) is 27.5. The van der Waals surface area contributed by atoms with Gasteiger partial charge in [0.15, 0.2) is 0 Å². The van der Waals surface area contributed by atoms with Crippen molar-refractivity contribution in [2.45, 2.75) is 45.3 Å². The van der Waals surface area contributed by atoms with Crippen molar-refractivity contribution < 1.29 is 28.7 Å². The van der Waals surface area contributed by atoms with Crippen molar-refractivity contribution >= 4 is 35.3 Å². The lowest BCUT2D eigenvalue weighted by Gasteiger charge is -2.22. The van der Waals surface area contributed by atoms with E-state index in [4.69, 9.17) is 10.5 Å². The predicted molar refractivity (Wildman–Crippen MR) is 138 cm³/mol. The van der Waals surface area contributed by atoms with Crippen molar-refractivity contribution in [1.82, 2.24) is 16.0 Å². The first-order valence-electron chi connectivity index (χ1n) is 11.7. The van der Waals surface area contributed by atoms with Crippen molar-refractivity contribution in [3.8, 4) is 5.75 Å². The second-order valence-corrected chi connectivity index (χ2v) is 8.52. The Balaban J connectivity index is 1.76. The molecule has 4 amide bonds. The highest BCUT2D eigenvalue weighted by Crippen LogP contribution is 2.14. The van der Waals surface area contributed by atoms with Crippen LogP contribution >= 0.6 is 0 Å². The van der Waals surface area contributed by atoms with Crippen LogP contribution in [0.25, 0.3) is 0 Å². The zero-order valence-corrected chi connectivity index (χ0v) is 21.3. The molecule has 0 unspecified atom stereocenters. The number of nitrogens with one attached hydrogen (secondary N) is 3. The molecule has 3 atom stereocenters. The van der Waals surface area contributed by atoms with E-state index in [9.17, 15) is 24.0 Å². The summed E-state index contributed by atoms with van der Waals surface area (Å²) in [6.45, 7) is 3.94. The van der Waals surface area contributed by atoms with Crippen LogP contribution in [0.15, 0.2) is 54.6 Å². The van der Waals surface area contributed by atoms with Crippen LogP contribution < -0.4 is 31.3 Å². The second-order valence-electron chi connectivity index (χ2n) is 8.52. The van der Waals surface area contributed by atoms with Gasteiger partial charge in [-0.25, -0.2) is 0 Å². The van der Waals surface area contributed by atoms with Crippen LogP contribution in [-0.4, -0.2) is 61.3 Å². The number of hydrogen-bond donors (Lipinski definition) is 4. The van der Waals surface area contributed by atoms with Gasteiger partial charge in [0, 0.05) is 19.7 Å². The summed E-state index contributed by atoms with van der Waals surface area (Å²) in [5, 5.41) is 7.49. The van der Waals surface area contributed by atoms with E-state index in [1.165, 1.54) is 18.7 Å². The van der Waals surface area contributed by atoms with Gasteiger partial charge in [-0.3, -0.25) is 24.0 Å². The number of benzene rings is 2. The number of ether oxygens (including phenoxy) is 1. The third-order valence-electron chi connectivity index (χ3n) is 5.37. The third-order valence-corrected chi connectivity index (χ3v) is 5.37. The first-order valence-corrected chi connectivity index (χ1v) is 11.7. The molecule has 0 spiro atoms. The van der Waals surface area contributed by atoms with E-state index in [0.717, 1.165) is 5.56 Å². The van der Waals surface area contributed by atoms with Crippen LogP contribution in [0, 0.1) is 0 Å². The average molecular weight is 512 g/mol. The van der Waals surface area contributed by atoms with Crippen molar-refractivity contribution in [2.24, 2.45) is 5.73 Å². The number of likely N-dealkylation sites (N-methyl/N-ethyl adjacent to an activating group) is 1. The van der Waals surface area contributed by atoms with Crippen LogP contribution in [0.1, 0.15) is 26.3 Å². The fourth-order valence-corrected chi connectivity index (χ4v) is 3.34. The Bertz CT molecular complexity index is 1110. The van der Waals surface area contributed by atoms with Gasteiger partial charge in [0.1, 0.15) is 17.8 Å². The molecule has 0 aliphatic heterocycles. The number of nitrogens with two attached hydrogens (primary N) is 1. The highest BCUT2D eigenvalue weighted by atomic mass is 16.5. The molecule has 2 rings (SSSR count). The average Bonchev–Trinajstić information content (AvgIpc) is 2.87. The molecule has 0 saturated carbocycles. The van der Waals surface area contributed by atoms with Crippen LogP contribution in [0.4, 0.5) is 5.69 Å². The Morgan fingerprint density at radius 3 is 2.11 bits per heavy atom. The lowest BCUT2D eigenvalue weighted by Crippen LogP contribution is -2.53. The van der Waals surface area contributed by atoms with E-state index in [1.54, 1.807) is 62.5 Å². The molecule has 0 fully saturated rings. The number of para-hydroxylation sites is 1. The lowest BCUT2D eigenvalue weighted by atomic mass is 10.1. The zero-order valence-electron chi connectivity index (χ0n) is 21.3. The van der Waals surface area contributed by atoms with Crippen LogP contribution in [0.2, 0.25) is 0 Å². The van der Waals surface area contributed by atoms with E-state index >= 15 is 0 Å².